The molecule has 1 aromatic carbocycles. The van der Waals surface area contributed by atoms with E-state index in [0.717, 1.165) is 5.47 Å². The van der Waals surface area contributed by atoms with Gasteiger partial charge in [0.1, 0.15) is 5.82 Å². The van der Waals surface area contributed by atoms with Gasteiger partial charge >= 0.3 is 13.1 Å². The minimum absolute atomic E-state index is 0.356. The molecular formula is C16H20BFO4S. The lowest BCUT2D eigenvalue weighted by Gasteiger charge is -2.32. The van der Waals surface area contributed by atoms with E-state index in [1.807, 2.05) is 27.7 Å². The highest BCUT2D eigenvalue weighted by Crippen LogP contribution is 2.39. The summed E-state index contributed by atoms with van der Waals surface area (Å²) in [5.74, 6) is -1.70. The highest BCUT2D eigenvalue weighted by atomic mass is 32.1. The van der Waals surface area contributed by atoms with Gasteiger partial charge in [0, 0.05) is 5.75 Å². The van der Waals surface area contributed by atoms with E-state index in [-0.39, 0.29) is 5.56 Å². The Bertz CT molecular complexity index is 641. The summed E-state index contributed by atoms with van der Waals surface area (Å²) in [4.78, 5) is 10.9. The number of hydrogen-bond donors (Lipinski definition) is 2. The fourth-order valence-electron chi connectivity index (χ4n) is 2.19. The number of rotatable bonds is 4. The monoisotopic (exact) mass is 338 g/mol. The Morgan fingerprint density at radius 2 is 1.87 bits per heavy atom. The van der Waals surface area contributed by atoms with Gasteiger partial charge in [-0.1, -0.05) is 12.1 Å². The van der Waals surface area contributed by atoms with Crippen molar-refractivity contribution in [2.75, 3.05) is 5.75 Å². The molecule has 124 valence electrons. The summed E-state index contributed by atoms with van der Waals surface area (Å²) in [5.41, 5.74) is -0.0260. The molecule has 1 aliphatic heterocycles. The Balaban J connectivity index is 2.30. The number of aromatic carboxylic acids is 1. The second kappa shape index (κ2) is 6.30. The van der Waals surface area contributed by atoms with E-state index in [1.54, 1.807) is 12.1 Å². The second-order valence-electron chi connectivity index (χ2n) is 6.51. The molecule has 0 aliphatic carbocycles. The molecule has 1 saturated heterocycles. The van der Waals surface area contributed by atoms with E-state index in [9.17, 15) is 9.18 Å². The lowest BCUT2D eigenvalue weighted by molar-refractivity contribution is 0.00578. The Morgan fingerprint density at radius 1 is 1.30 bits per heavy atom. The van der Waals surface area contributed by atoms with Crippen LogP contribution in [0.25, 0.3) is 6.08 Å². The molecule has 0 unspecified atom stereocenters. The van der Waals surface area contributed by atoms with Crippen LogP contribution in [0.3, 0.4) is 0 Å². The molecule has 23 heavy (non-hydrogen) atoms. The zero-order chi connectivity index (χ0) is 17.4. The van der Waals surface area contributed by atoms with Crippen LogP contribution in [0.15, 0.2) is 23.7 Å². The fraction of sp³-hybridized carbons (Fsp3) is 0.438. The Hall–Kier alpha value is -1.31. The van der Waals surface area contributed by atoms with Crippen LogP contribution in [-0.4, -0.2) is 35.1 Å². The van der Waals surface area contributed by atoms with Crippen molar-refractivity contribution in [3.05, 3.63) is 40.6 Å². The van der Waals surface area contributed by atoms with Crippen LogP contribution in [0.1, 0.15) is 43.6 Å². The fourth-order valence-corrected chi connectivity index (χ4v) is 2.43. The minimum Gasteiger partial charge on any atom is -0.478 e. The largest absolute Gasteiger partial charge is 0.491 e. The van der Waals surface area contributed by atoms with Crippen LogP contribution in [-0.2, 0) is 9.31 Å². The zero-order valence-corrected chi connectivity index (χ0v) is 14.5. The van der Waals surface area contributed by atoms with Gasteiger partial charge in [-0.2, -0.15) is 12.6 Å². The van der Waals surface area contributed by atoms with Crippen molar-refractivity contribution in [2.45, 2.75) is 38.9 Å². The van der Waals surface area contributed by atoms with Crippen LogP contribution in [0, 0.1) is 5.82 Å². The molecule has 1 fully saturated rings. The normalized spacial score (nSPS) is 19.9. The lowest BCUT2D eigenvalue weighted by atomic mass is 9.78. The molecule has 0 spiro atoms. The first-order valence-corrected chi connectivity index (χ1v) is 7.90. The minimum atomic E-state index is -1.29. The molecule has 1 heterocycles. The van der Waals surface area contributed by atoms with Crippen molar-refractivity contribution in [2.24, 2.45) is 0 Å². The molecule has 1 aromatic rings. The van der Waals surface area contributed by atoms with Gasteiger partial charge < -0.3 is 14.4 Å². The van der Waals surface area contributed by atoms with Gasteiger partial charge in [0.25, 0.3) is 0 Å². The van der Waals surface area contributed by atoms with Gasteiger partial charge in [0.2, 0.25) is 0 Å². The third-order valence-corrected chi connectivity index (χ3v) is 4.68. The summed E-state index contributed by atoms with van der Waals surface area (Å²) in [6.07, 6.45) is 1.71. The van der Waals surface area contributed by atoms with Crippen LogP contribution in [0.5, 0.6) is 0 Å². The van der Waals surface area contributed by atoms with Crippen LogP contribution in [0.2, 0.25) is 0 Å². The predicted molar refractivity (Wildman–Crippen MR) is 91.3 cm³/mol. The van der Waals surface area contributed by atoms with E-state index in [0.29, 0.717) is 11.3 Å². The average molecular weight is 338 g/mol. The van der Waals surface area contributed by atoms with Gasteiger partial charge in [-0.3, -0.25) is 0 Å². The molecule has 0 saturated carbocycles. The molecule has 1 aliphatic rings. The third kappa shape index (κ3) is 3.62. The van der Waals surface area contributed by atoms with Crippen molar-refractivity contribution in [1.29, 1.82) is 0 Å². The Labute approximate surface area is 141 Å². The first-order valence-electron chi connectivity index (χ1n) is 7.27. The Morgan fingerprint density at radius 3 is 2.30 bits per heavy atom. The molecule has 0 bridgehead atoms. The average Bonchev–Trinajstić information content (AvgIpc) is 2.64. The molecule has 0 atom stereocenters. The van der Waals surface area contributed by atoms with Gasteiger partial charge in [-0.25, -0.2) is 9.18 Å². The zero-order valence-electron chi connectivity index (χ0n) is 13.6. The number of carbonyl (C=O) groups is 1. The summed E-state index contributed by atoms with van der Waals surface area (Å²) in [5, 5.41) is 8.86. The van der Waals surface area contributed by atoms with Crippen LogP contribution in [0.4, 0.5) is 4.39 Å². The Kier molecular flexibility index (Phi) is 4.94. The summed E-state index contributed by atoms with van der Waals surface area (Å²) in [6.45, 7) is 7.80. The molecule has 1 N–H and O–H groups in total. The smallest absolute Gasteiger partial charge is 0.478 e. The predicted octanol–water partition coefficient (Wildman–Crippen LogP) is 3.47. The molecule has 7 heteroatoms. The maximum absolute atomic E-state index is 13.8. The third-order valence-electron chi connectivity index (χ3n) is 4.31. The van der Waals surface area contributed by atoms with Crippen molar-refractivity contribution in [3.63, 3.8) is 0 Å². The molecular weight excluding hydrogens is 318 g/mol. The first-order chi connectivity index (χ1) is 10.6. The van der Waals surface area contributed by atoms with Crippen molar-refractivity contribution >= 4 is 31.8 Å². The van der Waals surface area contributed by atoms with E-state index < -0.39 is 30.1 Å². The van der Waals surface area contributed by atoms with Gasteiger partial charge in [0.05, 0.1) is 16.8 Å². The standard InChI is InChI=1S/C16H20BFO4S/c1-15(2)16(3,4)22-17(21-15)11(9-23)7-10-5-6-12(14(19)20)13(18)8-10/h5-8,23H,9H2,1-4H3,(H,19,20). The van der Waals surface area contributed by atoms with Crippen molar-refractivity contribution in [1.82, 2.24) is 0 Å². The van der Waals surface area contributed by atoms with E-state index in [4.69, 9.17) is 14.4 Å². The number of thiol groups is 1. The summed E-state index contributed by atoms with van der Waals surface area (Å²) in [7, 11) is -0.570. The molecule has 0 aromatic heterocycles. The topological polar surface area (TPSA) is 55.8 Å². The number of benzene rings is 1. The summed E-state index contributed by atoms with van der Waals surface area (Å²) in [6, 6.07) is 3.96. The van der Waals surface area contributed by atoms with Crippen LogP contribution < -0.4 is 0 Å². The molecule has 2 rings (SSSR count). The van der Waals surface area contributed by atoms with Gasteiger partial charge in [-0.15, -0.1) is 0 Å². The van der Waals surface area contributed by atoms with Crippen LogP contribution >= 0.6 is 12.6 Å². The maximum atomic E-state index is 13.8. The van der Waals surface area contributed by atoms with Crippen molar-refractivity contribution in [3.8, 4) is 0 Å². The number of halogens is 1. The second-order valence-corrected chi connectivity index (χ2v) is 6.83. The number of carboxylic acids is 1. The first kappa shape index (κ1) is 18.0. The summed E-state index contributed by atoms with van der Waals surface area (Å²) < 4.78 is 25.7. The highest BCUT2D eigenvalue weighted by Gasteiger charge is 2.52. The SMILES string of the molecule is CC1(C)OB(C(=Cc2ccc(C(=O)O)c(F)c2)CS)OC1(C)C. The van der Waals surface area contributed by atoms with Gasteiger partial charge in [0.15, 0.2) is 0 Å². The molecule has 0 radical (unpaired) electrons. The molecule has 0 amide bonds. The van der Waals surface area contributed by atoms with E-state index >= 15 is 0 Å². The van der Waals surface area contributed by atoms with E-state index in [2.05, 4.69) is 12.6 Å². The summed E-state index contributed by atoms with van der Waals surface area (Å²) >= 11 is 4.30. The maximum Gasteiger partial charge on any atom is 0.491 e. The highest BCUT2D eigenvalue weighted by molar-refractivity contribution is 7.80. The quantitative estimate of drug-likeness (QED) is 0.652. The van der Waals surface area contributed by atoms with E-state index in [1.165, 1.54) is 12.1 Å². The lowest BCUT2D eigenvalue weighted by Crippen LogP contribution is -2.41. The van der Waals surface area contributed by atoms with Gasteiger partial charge in [-0.05, 0) is 50.9 Å². The number of hydrogen-bond acceptors (Lipinski definition) is 4. The van der Waals surface area contributed by atoms with Crippen molar-refractivity contribution < 1.29 is 23.6 Å². The molecule has 4 nitrogen and oxygen atoms in total. The number of carboxylic acid groups (broad SMARTS) is 1.